The number of rotatable bonds is 11. The Morgan fingerprint density at radius 1 is 0.820 bits per heavy atom. The van der Waals surface area contributed by atoms with E-state index in [4.69, 9.17) is 4.98 Å². The molecule has 2 saturated carbocycles. The highest BCUT2D eigenvalue weighted by atomic mass is 19.4. The minimum absolute atomic E-state index is 0.106. The minimum Gasteiger partial charge on any atom is -0.356 e. The fourth-order valence-electron chi connectivity index (χ4n) is 6.57. The van der Waals surface area contributed by atoms with Gasteiger partial charge in [-0.05, 0) is 91.8 Å². The average molecular weight is 700 g/mol. The lowest BCUT2D eigenvalue weighted by atomic mass is 9.90. The van der Waals surface area contributed by atoms with Gasteiger partial charge < -0.3 is 9.80 Å². The molecule has 0 spiro atoms. The highest BCUT2D eigenvalue weighted by Gasteiger charge is 2.38. The molecule has 4 aromatic rings. The lowest BCUT2D eigenvalue weighted by molar-refractivity contribution is -0.143. The van der Waals surface area contributed by atoms with Gasteiger partial charge in [-0.3, -0.25) is 5.10 Å². The number of aromatic amines is 1. The van der Waals surface area contributed by atoms with Crippen molar-refractivity contribution in [3.8, 4) is 11.3 Å². The zero-order valence-electron chi connectivity index (χ0n) is 28.8. The van der Waals surface area contributed by atoms with Gasteiger partial charge in [0, 0.05) is 61.3 Å². The maximum Gasteiger partial charge on any atom is 0.416 e. The lowest BCUT2D eigenvalue weighted by Crippen LogP contribution is -2.33. The van der Waals surface area contributed by atoms with Gasteiger partial charge in [0.2, 0.25) is 5.95 Å². The van der Waals surface area contributed by atoms with E-state index in [1.807, 2.05) is 13.8 Å². The van der Waals surface area contributed by atoms with Gasteiger partial charge in [-0.25, -0.2) is 15.0 Å². The number of aromatic nitrogens is 5. The molecule has 0 amide bonds. The molecule has 1 N–H and O–H groups in total. The van der Waals surface area contributed by atoms with Crippen LogP contribution in [-0.4, -0.2) is 38.2 Å². The van der Waals surface area contributed by atoms with Crippen molar-refractivity contribution in [2.75, 3.05) is 22.9 Å². The van der Waals surface area contributed by atoms with Crippen molar-refractivity contribution in [1.82, 2.24) is 25.1 Å². The number of nitrogens with one attached hydrogen (secondary N) is 1. The van der Waals surface area contributed by atoms with Crippen molar-refractivity contribution in [3.63, 3.8) is 0 Å². The predicted octanol–water partition coefficient (Wildman–Crippen LogP) is 9.38. The summed E-state index contributed by atoms with van der Waals surface area (Å²) in [6.07, 6.45) is 1.21. The molecule has 7 rings (SSSR count). The third-order valence-corrected chi connectivity index (χ3v) is 9.58. The van der Waals surface area contributed by atoms with Crippen molar-refractivity contribution < 1.29 is 26.3 Å². The Labute approximate surface area is 288 Å². The van der Waals surface area contributed by atoms with Crippen LogP contribution < -0.4 is 9.80 Å². The Morgan fingerprint density at radius 3 is 1.94 bits per heavy atom. The SMILES string of the molecule is CC.CC1(C)CCc2cc(CN(Cc3cc(C(F)(F)F)cc(C(F)(F)F)c3)c3ncc(-c4ccn[nH]4)cn3)c(N(CC3CC3)CC3CC3)nc21. The van der Waals surface area contributed by atoms with Gasteiger partial charge in [0.25, 0.3) is 0 Å². The highest BCUT2D eigenvalue weighted by Crippen LogP contribution is 2.43. The summed E-state index contributed by atoms with van der Waals surface area (Å²) in [5.41, 5.74) is 1.36. The Kier molecular flexibility index (Phi) is 9.89. The van der Waals surface area contributed by atoms with Crippen molar-refractivity contribution in [1.29, 1.82) is 0 Å². The Hall–Kier alpha value is -4.16. The number of halogens is 6. The van der Waals surface area contributed by atoms with Crippen molar-refractivity contribution in [2.45, 2.75) is 97.1 Å². The number of nitrogens with zero attached hydrogens (tertiary/aromatic N) is 6. The van der Waals surface area contributed by atoms with E-state index in [-0.39, 0.29) is 36.1 Å². The molecule has 0 radical (unpaired) electrons. The lowest BCUT2D eigenvalue weighted by Gasteiger charge is -2.31. The highest BCUT2D eigenvalue weighted by molar-refractivity contribution is 5.58. The van der Waals surface area contributed by atoms with Gasteiger partial charge in [-0.2, -0.15) is 31.4 Å². The maximum absolute atomic E-state index is 13.8. The fourth-order valence-corrected chi connectivity index (χ4v) is 6.57. The number of H-pyrrole nitrogens is 1. The topological polar surface area (TPSA) is 73.8 Å². The normalized spacial score (nSPS) is 16.8. The van der Waals surface area contributed by atoms with Crippen molar-refractivity contribution in [3.05, 3.63) is 82.4 Å². The van der Waals surface area contributed by atoms with Crippen LogP contribution >= 0.6 is 0 Å². The number of benzene rings is 1. The molecule has 2 fully saturated rings. The Morgan fingerprint density at radius 2 is 1.42 bits per heavy atom. The summed E-state index contributed by atoms with van der Waals surface area (Å²) in [4.78, 5) is 18.4. The van der Waals surface area contributed by atoms with Crippen LogP contribution in [0.1, 0.15) is 93.3 Å². The fraction of sp³-hybridized carbons (Fsp3) is 0.514. The van der Waals surface area contributed by atoms with E-state index in [0.29, 0.717) is 23.1 Å². The second kappa shape index (κ2) is 13.9. The minimum atomic E-state index is -4.96. The van der Waals surface area contributed by atoms with Crippen LogP contribution in [0.2, 0.25) is 0 Å². The number of hydrogen-bond acceptors (Lipinski definition) is 6. The maximum atomic E-state index is 13.8. The van der Waals surface area contributed by atoms with Crippen LogP contribution in [0.25, 0.3) is 11.3 Å². The van der Waals surface area contributed by atoms with Crippen LogP contribution in [0.4, 0.5) is 38.1 Å². The van der Waals surface area contributed by atoms with Crippen LogP contribution in [0.5, 0.6) is 0 Å². The first-order valence-electron chi connectivity index (χ1n) is 17.4. The van der Waals surface area contributed by atoms with E-state index in [0.717, 1.165) is 86.4 Å². The zero-order chi connectivity index (χ0) is 35.8. The molecular formula is C37H43F6N7. The summed E-state index contributed by atoms with van der Waals surface area (Å²) in [6.45, 7) is 9.97. The van der Waals surface area contributed by atoms with E-state index in [2.05, 4.69) is 45.0 Å². The first-order chi connectivity index (χ1) is 23.7. The second-order valence-electron chi connectivity index (χ2n) is 14.2. The molecule has 0 aliphatic heterocycles. The van der Waals surface area contributed by atoms with Crippen LogP contribution in [0.15, 0.2) is 48.9 Å². The molecule has 3 heterocycles. The smallest absolute Gasteiger partial charge is 0.356 e. The average Bonchev–Trinajstić information content (AvgIpc) is 4.00. The van der Waals surface area contributed by atoms with E-state index in [9.17, 15) is 26.3 Å². The van der Waals surface area contributed by atoms with Gasteiger partial charge >= 0.3 is 12.4 Å². The molecule has 1 aromatic carbocycles. The number of hydrogen-bond donors (Lipinski definition) is 1. The summed E-state index contributed by atoms with van der Waals surface area (Å²) in [7, 11) is 0. The molecule has 0 atom stereocenters. The van der Waals surface area contributed by atoms with E-state index in [1.54, 1.807) is 29.6 Å². The quantitative estimate of drug-likeness (QED) is 0.157. The van der Waals surface area contributed by atoms with Gasteiger partial charge in [0.05, 0.1) is 22.5 Å². The van der Waals surface area contributed by atoms with Crippen LogP contribution in [0.3, 0.4) is 0 Å². The molecule has 50 heavy (non-hydrogen) atoms. The molecule has 13 heteroatoms. The molecule has 3 aliphatic carbocycles. The number of fused-ring (bicyclic) bond motifs is 1. The van der Waals surface area contributed by atoms with Gasteiger partial charge in [0.1, 0.15) is 5.82 Å². The summed E-state index contributed by atoms with van der Waals surface area (Å²) < 4.78 is 83.1. The third kappa shape index (κ3) is 8.24. The van der Waals surface area contributed by atoms with Crippen molar-refractivity contribution in [2.24, 2.45) is 11.8 Å². The monoisotopic (exact) mass is 699 g/mol. The van der Waals surface area contributed by atoms with Gasteiger partial charge in [-0.1, -0.05) is 27.7 Å². The summed E-state index contributed by atoms with van der Waals surface area (Å²) in [5.74, 6) is 2.17. The van der Waals surface area contributed by atoms with E-state index >= 15 is 0 Å². The van der Waals surface area contributed by atoms with Crippen LogP contribution in [-0.2, 0) is 37.3 Å². The van der Waals surface area contributed by atoms with E-state index in [1.165, 1.54) is 0 Å². The van der Waals surface area contributed by atoms with E-state index < -0.39 is 23.5 Å². The number of pyridine rings is 1. The summed E-state index contributed by atoms with van der Waals surface area (Å²) in [5, 5.41) is 6.80. The largest absolute Gasteiger partial charge is 0.416 e. The molecule has 0 unspecified atom stereocenters. The molecule has 268 valence electrons. The molecule has 3 aliphatic rings. The predicted molar refractivity (Wildman–Crippen MR) is 181 cm³/mol. The molecule has 3 aromatic heterocycles. The van der Waals surface area contributed by atoms with Crippen molar-refractivity contribution >= 4 is 11.8 Å². The molecular weight excluding hydrogens is 656 g/mol. The number of alkyl halides is 6. The van der Waals surface area contributed by atoms with Gasteiger partial charge in [-0.15, -0.1) is 0 Å². The second-order valence-corrected chi connectivity index (χ2v) is 14.2. The Bertz CT molecular complexity index is 1710. The first kappa shape index (κ1) is 35.7. The Balaban J connectivity index is 0.00000212. The number of aryl methyl sites for hydroxylation is 1. The first-order valence-corrected chi connectivity index (χ1v) is 17.4. The van der Waals surface area contributed by atoms with Gasteiger partial charge in [0.15, 0.2) is 0 Å². The number of anilines is 2. The van der Waals surface area contributed by atoms with Crippen LogP contribution in [0, 0.1) is 11.8 Å². The summed E-state index contributed by atoms with van der Waals surface area (Å²) in [6, 6.07) is 5.59. The standard InChI is InChI=1S/C35H37F6N7.C2H6/c1-33(2)9-7-24-13-25(31(45-30(24)33)47(17-21-3-4-21)18-22-5-6-22)20-48(32-42-15-26(16-43-32)29-8-10-44-46-29)19-23-11-27(34(36,37)38)14-28(12-23)35(39,40)41;1-2/h8,10-16,21-22H,3-7,9,17-20H2,1-2H3,(H,44,46);1-2H3. The third-order valence-electron chi connectivity index (χ3n) is 9.58. The molecule has 7 nitrogen and oxygen atoms in total. The summed E-state index contributed by atoms with van der Waals surface area (Å²) >= 11 is 0. The zero-order valence-corrected chi connectivity index (χ0v) is 28.8. The molecule has 0 saturated heterocycles. The molecule has 0 bridgehead atoms.